The number of benzene rings is 1. The average Bonchev–Trinajstić information content (AvgIpc) is 2.93. The second-order valence-corrected chi connectivity index (χ2v) is 8.81. The summed E-state index contributed by atoms with van der Waals surface area (Å²) in [5, 5.41) is 9.96. The highest BCUT2D eigenvalue weighted by atomic mass is 35.5. The molecule has 5 nitrogen and oxygen atoms in total. The van der Waals surface area contributed by atoms with Crippen molar-refractivity contribution in [2.75, 3.05) is 6.61 Å². The second-order valence-electron chi connectivity index (χ2n) is 8.41. The van der Waals surface area contributed by atoms with Crippen LogP contribution in [0.15, 0.2) is 24.3 Å². The monoisotopic (exact) mass is 379 g/mol. The number of aliphatic carboxylic acids is 1. The third kappa shape index (κ3) is 3.35. The molecule has 0 aromatic heterocycles. The Morgan fingerprint density at radius 3 is 2.38 bits per heavy atom. The summed E-state index contributed by atoms with van der Waals surface area (Å²) in [6.45, 7) is 6.68. The zero-order valence-electron chi connectivity index (χ0n) is 15.5. The first-order valence-electron chi connectivity index (χ1n) is 9.11. The van der Waals surface area contributed by atoms with Crippen LogP contribution in [-0.4, -0.2) is 40.3 Å². The number of amides is 1. The molecule has 1 saturated heterocycles. The molecule has 1 aromatic rings. The summed E-state index contributed by atoms with van der Waals surface area (Å²) in [5.74, 6) is -0.882. The Morgan fingerprint density at radius 2 is 1.85 bits per heavy atom. The van der Waals surface area contributed by atoms with Crippen LogP contribution in [0.25, 0.3) is 0 Å². The number of carboxylic acid groups (broad SMARTS) is 1. The van der Waals surface area contributed by atoms with E-state index in [1.165, 1.54) is 4.90 Å². The lowest BCUT2D eigenvalue weighted by Gasteiger charge is -2.46. The van der Waals surface area contributed by atoms with E-state index in [9.17, 15) is 14.7 Å². The molecule has 0 radical (unpaired) electrons. The zero-order chi connectivity index (χ0) is 19.1. The molecule has 1 atom stereocenters. The number of carbonyl (C=O) groups is 2. The normalized spacial score (nSPS) is 29.2. The third-order valence-electron chi connectivity index (χ3n) is 5.86. The van der Waals surface area contributed by atoms with Gasteiger partial charge >= 0.3 is 5.97 Å². The third-order valence-corrected chi connectivity index (χ3v) is 6.19. The summed E-state index contributed by atoms with van der Waals surface area (Å²) in [5.41, 5.74) is -0.339. The van der Waals surface area contributed by atoms with Crippen LogP contribution in [-0.2, 0) is 9.53 Å². The van der Waals surface area contributed by atoms with E-state index in [-0.39, 0.29) is 17.9 Å². The van der Waals surface area contributed by atoms with Crippen LogP contribution in [0.1, 0.15) is 56.8 Å². The van der Waals surface area contributed by atoms with Gasteiger partial charge in [0.1, 0.15) is 5.72 Å². The van der Waals surface area contributed by atoms with Crippen molar-refractivity contribution in [3.63, 3.8) is 0 Å². The standard InChI is InChI=1S/C20H26ClNO4/c1-19(2,3)13-8-10-20(11-9-13)22(16(12-26-20)18(24)25)17(23)14-6-4-5-7-15(14)21/h4-7,13,16H,8-12H2,1-3H3,(H,24,25). The molecule has 1 amide bonds. The fraction of sp³-hybridized carbons (Fsp3) is 0.600. The van der Waals surface area contributed by atoms with E-state index in [0.29, 0.717) is 29.3 Å². The summed E-state index contributed by atoms with van der Waals surface area (Å²) in [6.07, 6.45) is 3.11. The first-order valence-corrected chi connectivity index (χ1v) is 9.48. The molecule has 6 heteroatoms. The minimum Gasteiger partial charge on any atom is -0.480 e. The van der Waals surface area contributed by atoms with Gasteiger partial charge in [-0.1, -0.05) is 44.5 Å². The molecule has 142 valence electrons. The number of hydrogen-bond acceptors (Lipinski definition) is 3. The second kappa shape index (κ2) is 6.86. The quantitative estimate of drug-likeness (QED) is 0.836. The average molecular weight is 380 g/mol. The topological polar surface area (TPSA) is 66.8 Å². The first kappa shape index (κ1) is 19.2. The van der Waals surface area contributed by atoms with Gasteiger partial charge < -0.3 is 9.84 Å². The Kier molecular flexibility index (Phi) is 5.06. The molecule has 1 N–H and O–H groups in total. The summed E-state index contributed by atoms with van der Waals surface area (Å²) in [4.78, 5) is 26.4. The molecule has 1 aliphatic carbocycles. The molecule has 26 heavy (non-hydrogen) atoms. The highest BCUT2D eigenvalue weighted by molar-refractivity contribution is 6.33. The highest BCUT2D eigenvalue weighted by Gasteiger charge is 2.55. The Balaban J connectivity index is 1.92. The molecule has 1 heterocycles. The maximum atomic E-state index is 13.2. The highest BCUT2D eigenvalue weighted by Crippen LogP contribution is 2.47. The number of halogens is 1. The maximum absolute atomic E-state index is 13.2. The first-order chi connectivity index (χ1) is 12.2. The minimum atomic E-state index is -1.04. The number of carbonyl (C=O) groups excluding carboxylic acids is 1. The number of ether oxygens (including phenoxy) is 1. The van der Waals surface area contributed by atoms with Crippen LogP contribution in [0.5, 0.6) is 0 Å². The molecular formula is C20H26ClNO4. The smallest absolute Gasteiger partial charge is 0.328 e. The van der Waals surface area contributed by atoms with Gasteiger partial charge in [-0.05, 0) is 49.1 Å². The van der Waals surface area contributed by atoms with Crippen molar-refractivity contribution in [3.05, 3.63) is 34.9 Å². The fourth-order valence-electron chi connectivity index (χ4n) is 4.26. The van der Waals surface area contributed by atoms with Gasteiger partial charge in [-0.25, -0.2) is 4.79 Å². The van der Waals surface area contributed by atoms with E-state index in [4.69, 9.17) is 16.3 Å². The van der Waals surface area contributed by atoms with Gasteiger partial charge in [0.05, 0.1) is 17.2 Å². The van der Waals surface area contributed by atoms with Gasteiger partial charge in [0.2, 0.25) is 0 Å². The van der Waals surface area contributed by atoms with Gasteiger partial charge in [-0.2, -0.15) is 0 Å². The van der Waals surface area contributed by atoms with E-state index >= 15 is 0 Å². The van der Waals surface area contributed by atoms with Crippen LogP contribution >= 0.6 is 11.6 Å². The minimum absolute atomic E-state index is 0.0196. The summed E-state index contributed by atoms with van der Waals surface area (Å²) >= 11 is 6.20. The fourth-order valence-corrected chi connectivity index (χ4v) is 4.47. The number of nitrogens with zero attached hydrogens (tertiary/aromatic N) is 1. The zero-order valence-corrected chi connectivity index (χ0v) is 16.3. The van der Waals surface area contributed by atoms with Crippen molar-refractivity contribution in [2.45, 2.75) is 58.2 Å². The van der Waals surface area contributed by atoms with Crippen LogP contribution in [0.4, 0.5) is 0 Å². The lowest BCUT2D eigenvalue weighted by Crippen LogP contribution is -2.55. The van der Waals surface area contributed by atoms with Crippen molar-refractivity contribution in [3.8, 4) is 0 Å². The Morgan fingerprint density at radius 1 is 1.23 bits per heavy atom. The molecule has 1 saturated carbocycles. The molecule has 3 rings (SSSR count). The molecule has 2 fully saturated rings. The van der Waals surface area contributed by atoms with Crippen LogP contribution in [0, 0.1) is 11.3 Å². The number of carboxylic acids is 1. The Bertz CT molecular complexity index is 704. The van der Waals surface area contributed by atoms with Crippen LogP contribution in [0.3, 0.4) is 0 Å². The van der Waals surface area contributed by atoms with Crippen LogP contribution in [0.2, 0.25) is 5.02 Å². The molecular weight excluding hydrogens is 354 g/mol. The molecule has 1 aromatic carbocycles. The lowest BCUT2D eigenvalue weighted by molar-refractivity contribution is -0.144. The molecule has 1 spiro atoms. The summed E-state index contributed by atoms with van der Waals surface area (Å²) in [7, 11) is 0. The molecule has 0 bridgehead atoms. The van der Waals surface area contributed by atoms with E-state index in [0.717, 1.165) is 12.8 Å². The number of hydrogen-bond donors (Lipinski definition) is 1. The van der Waals surface area contributed by atoms with Crippen LogP contribution < -0.4 is 0 Å². The molecule has 1 unspecified atom stereocenters. The summed E-state index contributed by atoms with van der Waals surface area (Å²) < 4.78 is 5.99. The van der Waals surface area contributed by atoms with E-state index in [1.54, 1.807) is 24.3 Å². The van der Waals surface area contributed by atoms with E-state index in [2.05, 4.69) is 20.8 Å². The van der Waals surface area contributed by atoms with Crippen molar-refractivity contribution in [1.29, 1.82) is 0 Å². The molecule has 1 aliphatic heterocycles. The summed E-state index contributed by atoms with van der Waals surface area (Å²) in [6, 6.07) is 5.78. The van der Waals surface area contributed by atoms with Gasteiger partial charge in [0.25, 0.3) is 5.91 Å². The Labute approximate surface area is 159 Å². The van der Waals surface area contributed by atoms with E-state index in [1.807, 2.05) is 0 Å². The SMILES string of the molecule is CC(C)(C)C1CCC2(CC1)OCC(C(=O)O)N2C(=O)c1ccccc1Cl. The predicted molar refractivity (Wildman–Crippen MR) is 99.1 cm³/mol. The van der Waals surface area contributed by atoms with Crippen molar-refractivity contribution >= 4 is 23.5 Å². The van der Waals surface area contributed by atoms with Gasteiger partial charge in [-0.3, -0.25) is 9.69 Å². The van der Waals surface area contributed by atoms with Gasteiger partial charge in [0.15, 0.2) is 6.04 Å². The Hall–Kier alpha value is -1.59. The number of rotatable bonds is 2. The largest absolute Gasteiger partial charge is 0.480 e. The predicted octanol–water partition coefficient (Wildman–Crippen LogP) is 4.20. The van der Waals surface area contributed by atoms with Gasteiger partial charge in [-0.15, -0.1) is 0 Å². The molecule has 2 aliphatic rings. The van der Waals surface area contributed by atoms with Crippen molar-refractivity contribution < 1.29 is 19.4 Å². The lowest BCUT2D eigenvalue weighted by atomic mass is 9.70. The van der Waals surface area contributed by atoms with Crippen molar-refractivity contribution in [1.82, 2.24) is 4.90 Å². The van der Waals surface area contributed by atoms with E-state index < -0.39 is 17.7 Å². The maximum Gasteiger partial charge on any atom is 0.328 e. The van der Waals surface area contributed by atoms with Crippen molar-refractivity contribution in [2.24, 2.45) is 11.3 Å². The van der Waals surface area contributed by atoms with Gasteiger partial charge in [0, 0.05) is 0 Å².